The van der Waals surface area contributed by atoms with Crippen LogP contribution in [0.5, 0.6) is 0 Å². The van der Waals surface area contributed by atoms with Crippen LogP contribution in [-0.4, -0.2) is 29.1 Å². The number of nitrogens with zero attached hydrogens (tertiary/aromatic N) is 2. The van der Waals surface area contributed by atoms with E-state index in [-0.39, 0.29) is 11.6 Å². The molecule has 1 saturated heterocycles. The third-order valence-electron chi connectivity index (χ3n) is 2.40. The summed E-state index contributed by atoms with van der Waals surface area (Å²) in [6.45, 7) is 3.45. The Morgan fingerprint density at radius 2 is 2.50 bits per heavy atom. The molecular formula is C9H14N4O. The SMILES string of the molecule is Cc1nc(N2CCC(N)C2)cc(=O)[nH]1. The lowest BCUT2D eigenvalue weighted by Crippen LogP contribution is -2.28. The summed E-state index contributed by atoms with van der Waals surface area (Å²) in [4.78, 5) is 20.1. The van der Waals surface area contributed by atoms with Gasteiger partial charge in [0.1, 0.15) is 11.6 Å². The van der Waals surface area contributed by atoms with Gasteiger partial charge < -0.3 is 15.6 Å². The first-order valence-corrected chi connectivity index (χ1v) is 4.73. The van der Waals surface area contributed by atoms with Gasteiger partial charge >= 0.3 is 0 Å². The van der Waals surface area contributed by atoms with Gasteiger partial charge in [-0.3, -0.25) is 4.79 Å². The monoisotopic (exact) mass is 194 g/mol. The van der Waals surface area contributed by atoms with E-state index < -0.39 is 0 Å². The van der Waals surface area contributed by atoms with E-state index in [0.717, 1.165) is 25.3 Å². The van der Waals surface area contributed by atoms with Crippen LogP contribution in [0.15, 0.2) is 10.9 Å². The molecule has 1 fully saturated rings. The van der Waals surface area contributed by atoms with Gasteiger partial charge in [0.25, 0.3) is 5.56 Å². The first-order valence-electron chi connectivity index (χ1n) is 4.73. The molecule has 0 aromatic carbocycles. The first-order chi connectivity index (χ1) is 6.65. The van der Waals surface area contributed by atoms with Crippen molar-refractivity contribution in [2.24, 2.45) is 5.73 Å². The van der Waals surface area contributed by atoms with Crippen LogP contribution in [0.3, 0.4) is 0 Å². The summed E-state index contributed by atoms with van der Waals surface area (Å²) >= 11 is 0. The summed E-state index contributed by atoms with van der Waals surface area (Å²) in [7, 11) is 0. The molecule has 5 nitrogen and oxygen atoms in total. The quantitative estimate of drug-likeness (QED) is 0.638. The molecule has 1 aromatic heterocycles. The normalized spacial score (nSPS) is 21.6. The second kappa shape index (κ2) is 3.42. The van der Waals surface area contributed by atoms with Gasteiger partial charge in [0.05, 0.1) is 0 Å². The van der Waals surface area contributed by atoms with Crippen molar-refractivity contribution in [1.29, 1.82) is 0 Å². The molecule has 0 aliphatic carbocycles. The number of nitrogens with one attached hydrogen (secondary N) is 1. The maximum Gasteiger partial charge on any atom is 0.252 e. The number of aromatic amines is 1. The van der Waals surface area contributed by atoms with Crippen molar-refractivity contribution in [3.8, 4) is 0 Å². The molecule has 14 heavy (non-hydrogen) atoms. The predicted molar refractivity (Wildman–Crippen MR) is 54.4 cm³/mol. The molecule has 0 saturated carbocycles. The summed E-state index contributed by atoms with van der Waals surface area (Å²) in [6, 6.07) is 1.72. The number of hydrogen-bond acceptors (Lipinski definition) is 4. The smallest absolute Gasteiger partial charge is 0.252 e. The molecule has 5 heteroatoms. The average Bonchev–Trinajstić information content (AvgIpc) is 2.50. The highest BCUT2D eigenvalue weighted by Crippen LogP contribution is 2.14. The van der Waals surface area contributed by atoms with Gasteiger partial charge in [0.2, 0.25) is 0 Å². The van der Waals surface area contributed by atoms with Crippen molar-refractivity contribution in [2.45, 2.75) is 19.4 Å². The molecule has 1 atom stereocenters. The molecule has 1 aliphatic heterocycles. The topological polar surface area (TPSA) is 75.0 Å². The fourth-order valence-electron chi connectivity index (χ4n) is 1.72. The number of H-pyrrole nitrogens is 1. The van der Waals surface area contributed by atoms with Crippen LogP contribution in [-0.2, 0) is 0 Å². The minimum absolute atomic E-state index is 0.104. The Hall–Kier alpha value is -1.36. The maximum absolute atomic E-state index is 11.2. The van der Waals surface area contributed by atoms with E-state index in [1.165, 1.54) is 6.07 Å². The van der Waals surface area contributed by atoms with E-state index in [1.54, 1.807) is 6.92 Å². The Bertz CT molecular complexity index is 387. The van der Waals surface area contributed by atoms with Crippen LogP contribution in [0.4, 0.5) is 5.82 Å². The van der Waals surface area contributed by atoms with Crippen LogP contribution in [0.2, 0.25) is 0 Å². The molecule has 1 aromatic rings. The Balaban J connectivity index is 2.28. The molecule has 0 radical (unpaired) electrons. The zero-order chi connectivity index (χ0) is 10.1. The second-order valence-electron chi connectivity index (χ2n) is 3.68. The summed E-state index contributed by atoms with van der Waals surface area (Å²) in [5.41, 5.74) is 5.68. The average molecular weight is 194 g/mol. The van der Waals surface area contributed by atoms with Crippen LogP contribution in [0, 0.1) is 6.92 Å². The van der Waals surface area contributed by atoms with Gasteiger partial charge in [0, 0.05) is 25.2 Å². The lowest BCUT2D eigenvalue weighted by molar-refractivity contribution is 0.751. The number of hydrogen-bond donors (Lipinski definition) is 2. The van der Waals surface area contributed by atoms with Gasteiger partial charge in [-0.25, -0.2) is 4.98 Å². The van der Waals surface area contributed by atoms with E-state index >= 15 is 0 Å². The molecule has 76 valence electrons. The van der Waals surface area contributed by atoms with Crippen molar-refractivity contribution in [2.75, 3.05) is 18.0 Å². The first kappa shape index (κ1) is 9.21. The molecule has 1 unspecified atom stereocenters. The molecule has 3 N–H and O–H groups in total. The van der Waals surface area contributed by atoms with E-state index in [4.69, 9.17) is 5.73 Å². The zero-order valence-electron chi connectivity index (χ0n) is 8.16. The third kappa shape index (κ3) is 1.77. The van der Waals surface area contributed by atoms with E-state index in [1.807, 2.05) is 4.90 Å². The van der Waals surface area contributed by atoms with Crippen molar-refractivity contribution in [3.63, 3.8) is 0 Å². The Kier molecular flexibility index (Phi) is 2.25. The van der Waals surface area contributed by atoms with E-state index in [0.29, 0.717) is 5.82 Å². The fourth-order valence-corrected chi connectivity index (χ4v) is 1.72. The van der Waals surface area contributed by atoms with Gasteiger partial charge in [-0.2, -0.15) is 0 Å². The predicted octanol–water partition coefficient (Wildman–Crippen LogP) is -0.384. The number of rotatable bonds is 1. The highest BCUT2D eigenvalue weighted by atomic mass is 16.1. The third-order valence-corrected chi connectivity index (χ3v) is 2.40. The molecule has 0 amide bonds. The Labute approximate surface area is 82.0 Å². The Morgan fingerprint density at radius 3 is 3.07 bits per heavy atom. The highest BCUT2D eigenvalue weighted by molar-refractivity contribution is 5.39. The van der Waals surface area contributed by atoms with Gasteiger partial charge in [0.15, 0.2) is 0 Å². The lowest BCUT2D eigenvalue weighted by atomic mass is 10.3. The van der Waals surface area contributed by atoms with E-state index in [9.17, 15) is 4.79 Å². The molecule has 1 aliphatic rings. The largest absolute Gasteiger partial charge is 0.355 e. The zero-order valence-corrected chi connectivity index (χ0v) is 8.16. The number of anilines is 1. The van der Waals surface area contributed by atoms with Crippen LogP contribution in [0.1, 0.15) is 12.2 Å². The van der Waals surface area contributed by atoms with Gasteiger partial charge in [-0.05, 0) is 13.3 Å². The standard InChI is InChI=1S/C9H14N4O/c1-6-11-8(4-9(14)12-6)13-3-2-7(10)5-13/h4,7H,2-3,5,10H2,1H3,(H,11,12,14). The van der Waals surface area contributed by atoms with Crippen molar-refractivity contribution in [3.05, 3.63) is 22.2 Å². The number of nitrogens with two attached hydrogens (primary N) is 1. The Morgan fingerprint density at radius 1 is 1.71 bits per heavy atom. The van der Waals surface area contributed by atoms with E-state index in [2.05, 4.69) is 9.97 Å². The van der Waals surface area contributed by atoms with Gasteiger partial charge in [-0.15, -0.1) is 0 Å². The van der Waals surface area contributed by atoms with Crippen LogP contribution >= 0.6 is 0 Å². The summed E-state index contributed by atoms with van der Waals surface area (Å²) < 4.78 is 0. The molecule has 2 rings (SSSR count). The van der Waals surface area contributed by atoms with Crippen molar-refractivity contribution < 1.29 is 0 Å². The molecule has 0 spiro atoms. The maximum atomic E-state index is 11.2. The minimum atomic E-state index is -0.104. The molecule has 2 heterocycles. The van der Waals surface area contributed by atoms with Crippen molar-refractivity contribution in [1.82, 2.24) is 9.97 Å². The van der Waals surface area contributed by atoms with Crippen LogP contribution in [0.25, 0.3) is 0 Å². The molecular weight excluding hydrogens is 180 g/mol. The minimum Gasteiger partial charge on any atom is -0.355 e. The summed E-state index contributed by atoms with van der Waals surface area (Å²) in [5.74, 6) is 1.38. The summed E-state index contributed by atoms with van der Waals surface area (Å²) in [5, 5.41) is 0. The highest BCUT2D eigenvalue weighted by Gasteiger charge is 2.20. The number of aromatic nitrogens is 2. The fraction of sp³-hybridized carbons (Fsp3) is 0.556. The van der Waals surface area contributed by atoms with Crippen LogP contribution < -0.4 is 16.2 Å². The number of aryl methyl sites for hydroxylation is 1. The second-order valence-corrected chi connectivity index (χ2v) is 3.68. The molecule has 0 bridgehead atoms. The lowest BCUT2D eigenvalue weighted by Gasteiger charge is -2.16. The van der Waals surface area contributed by atoms with Crippen molar-refractivity contribution >= 4 is 5.82 Å². The van der Waals surface area contributed by atoms with Gasteiger partial charge in [-0.1, -0.05) is 0 Å². The summed E-state index contributed by atoms with van der Waals surface area (Å²) in [6.07, 6.45) is 0.966.